The van der Waals surface area contributed by atoms with Crippen LogP contribution in [-0.2, 0) is 0 Å². The van der Waals surface area contributed by atoms with Crippen LogP contribution < -0.4 is 14.4 Å². The summed E-state index contributed by atoms with van der Waals surface area (Å²) < 4.78 is 10.9. The van der Waals surface area contributed by atoms with Crippen molar-refractivity contribution in [2.75, 3.05) is 39.8 Å². The van der Waals surface area contributed by atoms with E-state index in [0.717, 1.165) is 29.7 Å². The molecule has 8 heteroatoms. The van der Waals surface area contributed by atoms with Crippen molar-refractivity contribution in [3.63, 3.8) is 0 Å². The number of anilines is 1. The third-order valence-corrected chi connectivity index (χ3v) is 5.66. The molecule has 1 atom stereocenters. The number of hydrogen-bond donors (Lipinski definition) is 0. The van der Waals surface area contributed by atoms with Crippen molar-refractivity contribution >= 4 is 11.9 Å². The molecular weight excluding hydrogens is 406 g/mol. The van der Waals surface area contributed by atoms with Crippen molar-refractivity contribution in [2.45, 2.75) is 18.9 Å². The summed E-state index contributed by atoms with van der Waals surface area (Å²) in [6, 6.07) is 9.05. The number of aromatic nitrogens is 3. The number of pyridine rings is 1. The van der Waals surface area contributed by atoms with Gasteiger partial charge in [0.1, 0.15) is 0 Å². The lowest BCUT2D eigenvalue weighted by Crippen LogP contribution is -2.32. The number of benzene rings is 1. The topological polar surface area (TPSA) is 80.7 Å². The predicted octanol–water partition coefficient (Wildman–Crippen LogP) is 3.60. The van der Waals surface area contributed by atoms with Crippen LogP contribution in [0.4, 0.5) is 5.95 Å². The minimum absolute atomic E-state index is 0.103. The number of para-hydroxylation sites is 1. The second kappa shape index (κ2) is 9.21. The molecule has 3 heterocycles. The van der Waals surface area contributed by atoms with Gasteiger partial charge < -0.3 is 19.3 Å². The highest BCUT2D eigenvalue weighted by molar-refractivity contribution is 5.98. The molecule has 8 nitrogen and oxygen atoms in total. The quantitative estimate of drug-likeness (QED) is 0.588. The van der Waals surface area contributed by atoms with Crippen LogP contribution in [0.3, 0.4) is 0 Å². The highest BCUT2D eigenvalue weighted by Crippen LogP contribution is 2.40. The van der Waals surface area contributed by atoms with Gasteiger partial charge in [0, 0.05) is 44.8 Å². The van der Waals surface area contributed by atoms with E-state index in [1.807, 2.05) is 42.2 Å². The maximum Gasteiger partial charge on any atom is 0.258 e. The summed E-state index contributed by atoms with van der Waals surface area (Å²) in [5.74, 6) is 1.48. The van der Waals surface area contributed by atoms with Gasteiger partial charge >= 0.3 is 0 Å². The summed E-state index contributed by atoms with van der Waals surface area (Å²) in [4.78, 5) is 30.9. The molecule has 1 aromatic carbocycles. The summed E-state index contributed by atoms with van der Waals surface area (Å²) in [6.45, 7) is 0.640. The van der Waals surface area contributed by atoms with Gasteiger partial charge in [0.05, 0.1) is 31.5 Å². The molecule has 0 bridgehead atoms. The lowest BCUT2D eigenvalue weighted by atomic mass is 10.00. The fourth-order valence-corrected chi connectivity index (χ4v) is 4.11. The van der Waals surface area contributed by atoms with Gasteiger partial charge in [-0.3, -0.25) is 9.78 Å². The van der Waals surface area contributed by atoms with Crippen molar-refractivity contribution < 1.29 is 14.3 Å². The molecule has 1 amide bonds. The average molecular weight is 434 g/mol. The van der Waals surface area contributed by atoms with Crippen LogP contribution in [0.1, 0.15) is 34.9 Å². The number of amides is 1. The van der Waals surface area contributed by atoms with Gasteiger partial charge in [-0.05, 0) is 42.7 Å². The van der Waals surface area contributed by atoms with Crippen molar-refractivity contribution in [1.82, 2.24) is 19.9 Å². The first-order valence-corrected chi connectivity index (χ1v) is 10.5. The van der Waals surface area contributed by atoms with E-state index >= 15 is 0 Å². The van der Waals surface area contributed by atoms with Crippen LogP contribution in [0.2, 0.25) is 0 Å². The van der Waals surface area contributed by atoms with Gasteiger partial charge in [0.25, 0.3) is 5.91 Å². The number of nitrogens with zero attached hydrogens (tertiary/aromatic N) is 5. The summed E-state index contributed by atoms with van der Waals surface area (Å²) in [5, 5.41) is 0. The lowest BCUT2D eigenvalue weighted by molar-refractivity contribution is 0.0729. The number of carbonyl (C=O) groups is 1. The predicted molar refractivity (Wildman–Crippen MR) is 122 cm³/mol. The first kappa shape index (κ1) is 21.5. The third-order valence-electron chi connectivity index (χ3n) is 5.66. The Morgan fingerprint density at radius 3 is 2.59 bits per heavy atom. The molecule has 0 N–H and O–H groups in total. The number of ether oxygens (including phenoxy) is 2. The summed E-state index contributed by atoms with van der Waals surface area (Å²) in [6.07, 6.45) is 7.04. The normalized spacial score (nSPS) is 15.5. The molecular formula is C24H27N5O3. The Balaban J connectivity index is 1.79. The Morgan fingerprint density at radius 1 is 1.12 bits per heavy atom. The minimum atomic E-state index is -0.178. The highest BCUT2D eigenvalue weighted by atomic mass is 16.5. The fraction of sp³-hybridized carbons (Fsp3) is 0.333. The lowest BCUT2D eigenvalue weighted by Gasteiger charge is -2.27. The molecule has 1 aliphatic rings. The number of hydrogen-bond acceptors (Lipinski definition) is 7. The van der Waals surface area contributed by atoms with Crippen molar-refractivity contribution in [3.8, 4) is 22.6 Å². The molecule has 1 fully saturated rings. The first-order valence-electron chi connectivity index (χ1n) is 10.5. The summed E-state index contributed by atoms with van der Waals surface area (Å²) >= 11 is 0. The second-order valence-electron chi connectivity index (χ2n) is 7.80. The van der Waals surface area contributed by atoms with Crippen LogP contribution in [-0.4, -0.2) is 60.6 Å². The largest absolute Gasteiger partial charge is 0.493 e. The van der Waals surface area contributed by atoms with E-state index < -0.39 is 0 Å². The Kier molecular flexibility index (Phi) is 6.20. The van der Waals surface area contributed by atoms with Gasteiger partial charge in [-0.2, -0.15) is 0 Å². The van der Waals surface area contributed by atoms with Gasteiger partial charge in [-0.1, -0.05) is 6.07 Å². The monoisotopic (exact) mass is 433 g/mol. The minimum Gasteiger partial charge on any atom is -0.493 e. The molecule has 0 aliphatic carbocycles. The molecule has 1 saturated heterocycles. The molecule has 32 heavy (non-hydrogen) atoms. The zero-order chi connectivity index (χ0) is 22.7. The number of carbonyl (C=O) groups excluding carboxylic acids is 1. The molecule has 4 rings (SSSR count). The van der Waals surface area contributed by atoms with Gasteiger partial charge in [0.2, 0.25) is 5.95 Å². The Hall–Kier alpha value is -3.68. The molecule has 1 aliphatic heterocycles. The molecule has 3 aromatic rings. The second-order valence-corrected chi connectivity index (χ2v) is 7.80. The van der Waals surface area contributed by atoms with Gasteiger partial charge in [-0.15, -0.1) is 0 Å². The Labute approximate surface area is 187 Å². The van der Waals surface area contributed by atoms with E-state index in [0.29, 0.717) is 29.6 Å². The van der Waals surface area contributed by atoms with Crippen LogP contribution in [0.25, 0.3) is 11.1 Å². The Morgan fingerprint density at radius 2 is 1.91 bits per heavy atom. The molecule has 0 radical (unpaired) electrons. The first-order chi connectivity index (χ1) is 15.5. The molecule has 166 valence electrons. The maximum absolute atomic E-state index is 13.7. The van der Waals surface area contributed by atoms with E-state index in [2.05, 4.69) is 9.97 Å². The SMILES string of the molecule is COc1cccc(C(=O)N2CCC[C@@H]2c2nc(N(C)C)ncc2-c2ccncc2)c1OC. The Bertz CT molecular complexity index is 1100. The molecule has 0 spiro atoms. The van der Waals surface area contributed by atoms with Crippen molar-refractivity contribution in [3.05, 3.63) is 60.2 Å². The van der Waals surface area contributed by atoms with Gasteiger partial charge in [-0.25, -0.2) is 9.97 Å². The number of rotatable bonds is 6. The fourth-order valence-electron chi connectivity index (χ4n) is 4.11. The van der Waals surface area contributed by atoms with E-state index in [4.69, 9.17) is 14.5 Å². The van der Waals surface area contributed by atoms with Crippen molar-refractivity contribution in [1.29, 1.82) is 0 Å². The van der Waals surface area contributed by atoms with Crippen LogP contribution in [0.15, 0.2) is 48.9 Å². The number of likely N-dealkylation sites (tertiary alicyclic amines) is 1. The van der Waals surface area contributed by atoms with Crippen LogP contribution >= 0.6 is 0 Å². The number of methoxy groups -OCH3 is 2. The summed E-state index contributed by atoms with van der Waals surface area (Å²) in [5.41, 5.74) is 3.19. The molecule has 0 unspecified atom stereocenters. The standard InChI is InChI=1S/C24H27N5O3/c1-28(2)24-26-15-18(16-10-12-25-13-11-16)21(27-24)19-8-6-14-29(19)23(30)17-7-5-9-20(31-3)22(17)32-4/h5,7,9-13,15,19H,6,8,14H2,1-4H3/t19-/m1/s1. The van der Waals surface area contributed by atoms with Crippen LogP contribution in [0.5, 0.6) is 11.5 Å². The van der Waals surface area contributed by atoms with Crippen LogP contribution in [0, 0.1) is 0 Å². The van der Waals surface area contributed by atoms with E-state index in [1.165, 1.54) is 0 Å². The average Bonchev–Trinajstić information content (AvgIpc) is 3.33. The smallest absolute Gasteiger partial charge is 0.258 e. The van der Waals surface area contributed by atoms with E-state index in [-0.39, 0.29) is 11.9 Å². The zero-order valence-corrected chi connectivity index (χ0v) is 18.8. The zero-order valence-electron chi connectivity index (χ0n) is 18.8. The van der Waals surface area contributed by atoms with E-state index in [9.17, 15) is 4.79 Å². The van der Waals surface area contributed by atoms with Gasteiger partial charge in [0.15, 0.2) is 11.5 Å². The van der Waals surface area contributed by atoms with E-state index in [1.54, 1.807) is 44.8 Å². The molecule has 2 aromatic heterocycles. The maximum atomic E-state index is 13.7. The van der Waals surface area contributed by atoms with Crippen molar-refractivity contribution in [2.24, 2.45) is 0 Å². The third kappa shape index (κ3) is 3.95. The summed E-state index contributed by atoms with van der Waals surface area (Å²) in [7, 11) is 6.93. The highest BCUT2D eigenvalue weighted by Gasteiger charge is 2.35. The molecule has 0 saturated carbocycles.